The highest BCUT2D eigenvalue weighted by Gasteiger charge is 2.27. The van der Waals surface area contributed by atoms with Crippen molar-refractivity contribution in [3.8, 4) is 11.4 Å². The number of likely N-dealkylation sites (tertiary alicyclic amines) is 1. The van der Waals surface area contributed by atoms with Gasteiger partial charge in [-0.05, 0) is 25.0 Å². The molecule has 1 saturated heterocycles. The van der Waals surface area contributed by atoms with Crippen LogP contribution >= 0.6 is 0 Å². The van der Waals surface area contributed by atoms with Gasteiger partial charge in [0.1, 0.15) is 5.82 Å². The molecule has 4 heterocycles. The number of aromatic nitrogens is 5. The van der Waals surface area contributed by atoms with Crippen LogP contribution < -0.4 is 0 Å². The van der Waals surface area contributed by atoms with Gasteiger partial charge in [-0.25, -0.2) is 15.0 Å². The number of carbonyl (C=O) groups excluding carboxylic acids is 1. The number of hydrogen-bond donors (Lipinski definition) is 1. The van der Waals surface area contributed by atoms with E-state index in [0.717, 1.165) is 30.8 Å². The summed E-state index contributed by atoms with van der Waals surface area (Å²) in [6.45, 7) is 1.41. The Bertz CT molecular complexity index is 832. The zero-order valence-corrected chi connectivity index (χ0v) is 13.7. The van der Waals surface area contributed by atoms with Crippen LogP contribution in [-0.2, 0) is 0 Å². The van der Waals surface area contributed by atoms with Gasteiger partial charge in [0.15, 0.2) is 5.82 Å². The summed E-state index contributed by atoms with van der Waals surface area (Å²) < 4.78 is 0. The standard InChI is InChI=1S/C18H18N6O/c25-18(24-8-2-4-14(12-24)17-20-6-7-21-17)15-10-22-16(23-11-15)13-3-1-5-19-9-13/h1,3,5-7,9-11,14H,2,4,8,12H2,(H,20,21)/t14-/m0/s1. The smallest absolute Gasteiger partial charge is 0.257 e. The maximum Gasteiger partial charge on any atom is 0.257 e. The third-order valence-electron chi connectivity index (χ3n) is 4.43. The number of imidazole rings is 1. The molecule has 1 atom stereocenters. The van der Waals surface area contributed by atoms with E-state index in [9.17, 15) is 4.79 Å². The summed E-state index contributed by atoms with van der Waals surface area (Å²) in [4.78, 5) is 34.8. The predicted molar refractivity (Wildman–Crippen MR) is 91.7 cm³/mol. The minimum atomic E-state index is -0.0333. The van der Waals surface area contributed by atoms with E-state index in [4.69, 9.17) is 0 Å². The van der Waals surface area contributed by atoms with Crippen LogP contribution in [0.2, 0.25) is 0 Å². The first-order valence-electron chi connectivity index (χ1n) is 8.32. The van der Waals surface area contributed by atoms with Gasteiger partial charge >= 0.3 is 0 Å². The number of pyridine rings is 1. The first-order chi connectivity index (χ1) is 12.3. The number of hydrogen-bond acceptors (Lipinski definition) is 5. The SMILES string of the molecule is O=C(c1cnc(-c2cccnc2)nc1)N1CCC[C@H](c2ncc[nH]2)C1. The number of rotatable bonds is 3. The zero-order chi connectivity index (χ0) is 17.1. The lowest BCUT2D eigenvalue weighted by molar-refractivity contribution is 0.0704. The molecule has 0 saturated carbocycles. The van der Waals surface area contributed by atoms with E-state index in [1.165, 1.54) is 0 Å². The van der Waals surface area contributed by atoms with Crippen LogP contribution in [0.25, 0.3) is 11.4 Å². The Hall–Kier alpha value is -3.09. The maximum atomic E-state index is 12.8. The Morgan fingerprint density at radius 3 is 2.76 bits per heavy atom. The highest BCUT2D eigenvalue weighted by molar-refractivity contribution is 5.93. The summed E-state index contributed by atoms with van der Waals surface area (Å²) in [7, 11) is 0. The molecule has 7 heteroatoms. The van der Waals surface area contributed by atoms with Gasteiger partial charge in [0.25, 0.3) is 5.91 Å². The number of aromatic amines is 1. The Morgan fingerprint density at radius 1 is 1.16 bits per heavy atom. The summed E-state index contributed by atoms with van der Waals surface area (Å²) in [6, 6.07) is 3.72. The normalized spacial score (nSPS) is 17.4. The van der Waals surface area contributed by atoms with Crippen LogP contribution in [0.3, 0.4) is 0 Å². The van der Waals surface area contributed by atoms with E-state index in [0.29, 0.717) is 17.9 Å². The number of carbonyl (C=O) groups is 1. The number of piperidine rings is 1. The van der Waals surface area contributed by atoms with E-state index in [2.05, 4.69) is 24.9 Å². The molecular weight excluding hydrogens is 316 g/mol. The molecule has 1 aliphatic rings. The highest BCUT2D eigenvalue weighted by Crippen LogP contribution is 2.25. The molecule has 0 aromatic carbocycles. The van der Waals surface area contributed by atoms with Gasteiger partial charge in [0.05, 0.1) is 5.56 Å². The van der Waals surface area contributed by atoms with Crippen LogP contribution in [0.4, 0.5) is 0 Å². The molecular formula is C18H18N6O. The molecule has 0 spiro atoms. The lowest BCUT2D eigenvalue weighted by Crippen LogP contribution is -2.39. The molecule has 126 valence electrons. The van der Waals surface area contributed by atoms with Crippen molar-refractivity contribution in [2.45, 2.75) is 18.8 Å². The second kappa shape index (κ2) is 6.80. The molecule has 3 aromatic rings. The molecule has 0 radical (unpaired) electrons. The minimum absolute atomic E-state index is 0.0333. The first kappa shape index (κ1) is 15.4. The van der Waals surface area contributed by atoms with E-state index >= 15 is 0 Å². The maximum absolute atomic E-state index is 12.8. The topological polar surface area (TPSA) is 87.7 Å². The van der Waals surface area contributed by atoms with Gasteiger partial charge < -0.3 is 9.88 Å². The average Bonchev–Trinajstić information content (AvgIpc) is 3.23. The number of H-pyrrole nitrogens is 1. The third kappa shape index (κ3) is 3.26. The van der Waals surface area contributed by atoms with Crippen molar-refractivity contribution in [2.75, 3.05) is 13.1 Å². The Balaban J connectivity index is 1.49. The number of nitrogens with zero attached hydrogens (tertiary/aromatic N) is 5. The van der Waals surface area contributed by atoms with Crippen molar-refractivity contribution < 1.29 is 4.79 Å². The number of amides is 1. The fourth-order valence-electron chi connectivity index (χ4n) is 3.15. The van der Waals surface area contributed by atoms with Gasteiger partial charge in [-0.3, -0.25) is 9.78 Å². The fraction of sp³-hybridized carbons (Fsp3) is 0.278. The molecule has 1 N–H and O–H groups in total. The summed E-state index contributed by atoms with van der Waals surface area (Å²) in [6.07, 6.45) is 12.2. The van der Waals surface area contributed by atoms with Gasteiger partial charge in [-0.15, -0.1) is 0 Å². The second-order valence-corrected chi connectivity index (χ2v) is 6.10. The monoisotopic (exact) mass is 334 g/mol. The molecule has 7 nitrogen and oxygen atoms in total. The van der Waals surface area contributed by atoms with Gasteiger partial charge in [0.2, 0.25) is 0 Å². The highest BCUT2D eigenvalue weighted by atomic mass is 16.2. The Kier molecular flexibility index (Phi) is 4.20. The van der Waals surface area contributed by atoms with Gasteiger partial charge in [-0.2, -0.15) is 0 Å². The lowest BCUT2D eigenvalue weighted by Gasteiger charge is -2.31. The average molecular weight is 334 g/mol. The third-order valence-corrected chi connectivity index (χ3v) is 4.43. The molecule has 0 bridgehead atoms. The largest absolute Gasteiger partial charge is 0.348 e. The Labute approximate surface area is 145 Å². The van der Waals surface area contributed by atoms with E-state index in [-0.39, 0.29) is 11.8 Å². The van der Waals surface area contributed by atoms with Crippen molar-refractivity contribution in [1.29, 1.82) is 0 Å². The van der Waals surface area contributed by atoms with Gasteiger partial charge in [0, 0.05) is 61.8 Å². The first-order valence-corrected chi connectivity index (χ1v) is 8.32. The number of nitrogens with one attached hydrogen (secondary N) is 1. The minimum Gasteiger partial charge on any atom is -0.348 e. The Morgan fingerprint density at radius 2 is 2.04 bits per heavy atom. The molecule has 25 heavy (non-hydrogen) atoms. The summed E-state index contributed by atoms with van der Waals surface area (Å²) in [5, 5.41) is 0. The van der Waals surface area contributed by atoms with Crippen LogP contribution in [0.1, 0.15) is 34.9 Å². The zero-order valence-electron chi connectivity index (χ0n) is 13.7. The van der Waals surface area contributed by atoms with Crippen LogP contribution in [0.5, 0.6) is 0 Å². The molecule has 0 unspecified atom stereocenters. The van der Waals surface area contributed by atoms with Crippen LogP contribution in [0, 0.1) is 0 Å². The molecule has 4 rings (SSSR count). The summed E-state index contributed by atoms with van der Waals surface area (Å²) in [5.74, 6) is 1.73. The molecule has 3 aromatic heterocycles. The van der Waals surface area contributed by atoms with Crippen molar-refractivity contribution in [3.05, 3.63) is 60.7 Å². The summed E-state index contributed by atoms with van der Waals surface area (Å²) in [5.41, 5.74) is 1.34. The molecule has 0 aliphatic carbocycles. The van der Waals surface area contributed by atoms with E-state index in [1.807, 2.05) is 23.2 Å². The predicted octanol–water partition coefficient (Wildman–Crippen LogP) is 2.28. The van der Waals surface area contributed by atoms with Crippen molar-refractivity contribution in [3.63, 3.8) is 0 Å². The lowest BCUT2D eigenvalue weighted by atomic mass is 9.97. The molecule has 1 fully saturated rings. The van der Waals surface area contributed by atoms with Crippen molar-refractivity contribution in [2.24, 2.45) is 0 Å². The summed E-state index contributed by atoms with van der Waals surface area (Å²) >= 11 is 0. The van der Waals surface area contributed by atoms with Crippen molar-refractivity contribution in [1.82, 2.24) is 29.8 Å². The molecule has 1 amide bonds. The van der Waals surface area contributed by atoms with Crippen molar-refractivity contribution >= 4 is 5.91 Å². The van der Waals surface area contributed by atoms with Crippen LogP contribution in [-0.4, -0.2) is 48.8 Å². The van der Waals surface area contributed by atoms with Gasteiger partial charge in [-0.1, -0.05) is 0 Å². The van der Waals surface area contributed by atoms with E-state index < -0.39 is 0 Å². The fourth-order valence-corrected chi connectivity index (χ4v) is 3.15. The van der Waals surface area contributed by atoms with Crippen LogP contribution in [0.15, 0.2) is 49.3 Å². The van der Waals surface area contributed by atoms with E-state index in [1.54, 1.807) is 31.0 Å². The quantitative estimate of drug-likeness (QED) is 0.794. The second-order valence-electron chi connectivity index (χ2n) is 6.10. The molecule has 1 aliphatic heterocycles.